The molecule has 1 aliphatic rings. The van der Waals surface area contributed by atoms with Gasteiger partial charge in [0.1, 0.15) is 0 Å². The smallest absolute Gasteiger partial charge is 0.0834 e. The molecule has 3 rings (SSSR count). The number of aromatic nitrogens is 2. The molecule has 2 aromatic rings. The molecule has 0 bridgehead atoms. The van der Waals surface area contributed by atoms with Crippen molar-refractivity contribution in [2.75, 3.05) is 0 Å². The Morgan fingerprint density at radius 3 is 2.90 bits per heavy atom. The Hall–Kier alpha value is -1.36. The molecular formula is C16H21ClN4. The fourth-order valence-corrected chi connectivity index (χ4v) is 3.64. The normalized spacial score (nSPS) is 19.3. The van der Waals surface area contributed by atoms with E-state index in [1.165, 1.54) is 11.1 Å². The lowest BCUT2D eigenvalue weighted by Crippen LogP contribution is -2.37. The molecular weight excluding hydrogens is 284 g/mol. The summed E-state index contributed by atoms with van der Waals surface area (Å²) in [4.78, 5) is 0. The molecule has 1 heterocycles. The van der Waals surface area contributed by atoms with Crippen LogP contribution in [0.1, 0.15) is 36.2 Å². The lowest BCUT2D eigenvalue weighted by molar-refractivity contribution is 0.313. The van der Waals surface area contributed by atoms with Gasteiger partial charge in [0.15, 0.2) is 0 Å². The second-order valence-corrected chi connectivity index (χ2v) is 6.02. The zero-order chi connectivity index (χ0) is 14.8. The van der Waals surface area contributed by atoms with Gasteiger partial charge in [0, 0.05) is 6.54 Å². The molecule has 0 saturated carbocycles. The Morgan fingerprint density at radius 1 is 1.43 bits per heavy atom. The Kier molecular flexibility index (Phi) is 4.29. The lowest BCUT2D eigenvalue weighted by atomic mass is 9.79. The standard InChI is InChI=1S/C16H21ClN4/c1-2-21-16(14(17)10-19-21)15(20-18)13-8-7-11-5-3-4-6-12(11)9-13/h3-6,10,13,15,20H,2,7-9,18H2,1H3. The van der Waals surface area contributed by atoms with Crippen molar-refractivity contribution in [2.24, 2.45) is 11.8 Å². The number of nitrogens with one attached hydrogen (secondary N) is 1. The second kappa shape index (κ2) is 6.18. The molecule has 21 heavy (non-hydrogen) atoms. The van der Waals surface area contributed by atoms with Gasteiger partial charge in [0.05, 0.1) is 23.0 Å². The predicted octanol–water partition coefficient (Wildman–Crippen LogP) is 2.87. The second-order valence-electron chi connectivity index (χ2n) is 5.61. The minimum absolute atomic E-state index is 0.0355. The molecule has 4 nitrogen and oxygen atoms in total. The van der Waals surface area contributed by atoms with Gasteiger partial charge in [-0.2, -0.15) is 5.10 Å². The van der Waals surface area contributed by atoms with Crippen LogP contribution in [0.3, 0.4) is 0 Å². The number of aryl methyl sites for hydroxylation is 2. The minimum atomic E-state index is 0.0355. The number of rotatable bonds is 4. The maximum absolute atomic E-state index is 6.34. The highest BCUT2D eigenvalue weighted by Gasteiger charge is 2.30. The molecule has 0 fully saturated rings. The number of hydrogen-bond donors (Lipinski definition) is 2. The van der Waals surface area contributed by atoms with Gasteiger partial charge in [-0.15, -0.1) is 0 Å². The van der Waals surface area contributed by atoms with E-state index < -0.39 is 0 Å². The number of hydrogen-bond acceptors (Lipinski definition) is 3. The van der Waals surface area contributed by atoms with Gasteiger partial charge >= 0.3 is 0 Å². The molecule has 3 N–H and O–H groups in total. The monoisotopic (exact) mass is 304 g/mol. The van der Waals surface area contributed by atoms with Crippen molar-refractivity contribution in [1.29, 1.82) is 0 Å². The molecule has 1 aromatic carbocycles. The van der Waals surface area contributed by atoms with Crippen LogP contribution in [-0.4, -0.2) is 9.78 Å². The van der Waals surface area contributed by atoms with Gasteiger partial charge in [-0.25, -0.2) is 0 Å². The SMILES string of the molecule is CCn1ncc(Cl)c1C(NN)C1CCc2ccccc2C1. The van der Waals surface area contributed by atoms with Crippen molar-refractivity contribution < 1.29 is 0 Å². The largest absolute Gasteiger partial charge is 0.271 e. The van der Waals surface area contributed by atoms with Crippen LogP contribution in [0.25, 0.3) is 0 Å². The summed E-state index contributed by atoms with van der Waals surface area (Å²) in [6.45, 7) is 2.86. The summed E-state index contributed by atoms with van der Waals surface area (Å²) in [5.41, 5.74) is 6.86. The maximum Gasteiger partial charge on any atom is 0.0834 e. The first-order valence-corrected chi connectivity index (χ1v) is 7.86. The predicted molar refractivity (Wildman–Crippen MR) is 84.9 cm³/mol. The maximum atomic E-state index is 6.34. The summed E-state index contributed by atoms with van der Waals surface area (Å²) < 4.78 is 1.94. The number of benzene rings is 1. The number of hydrazine groups is 1. The van der Waals surface area contributed by atoms with Crippen LogP contribution in [-0.2, 0) is 19.4 Å². The van der Waals surface area contributed by atoms with Crippen LogP contribution in [0.15, 0.2) is 30.5 Å². The Bertz CT molecular complexity index is 622. The molecule has 0 amide bonds. The van der Waals surface area contributed by atoms with Crippen LogP contribution in [0, 0.1) is 5.92 Å². The van der Waals surface area contributed by atoms with Crippen molar-refractivity contribution in [3.8, 4) is 0 Å². The van der Waals surface area contributed by atoms with Gasteiger partial charge in [-0.05, 0) is 43.2 Å². The van der Waals surface area contributed by atoms with Crippen molar-refractivity contribution in [1.82, 2.24) is 15.2 Å². The Labute approximate surface area is 130 Å². The Morgan fingerprint density at radius 2 is 2.19 bits per heavy atom. The van der Waals surface area contributed by atoms with Crippen LogP contribution < -0.4 is 11.3 Å². The molecule has 2 atom stereocenters. The third-order valence-corrected chi connectivity index (χ3v) is 4.75. The van der Waals surface area contributed by atoms with E-state index in [0.29, 0.717) is 10.9 Å². The lowest BCUT2D eigenvalue weighted by Gasteiger charge is -2.31. The first kappa shape index (κ1) is 14.6. The van der Waals surface area contributed by atoms with E-state index in [9.17, 15) is 0 Å². The molecule has 112 valence electrons. The average molecular weight is 305 g/mol. The van der Waals surface area contributed by atoms with E-state index in [1.807, 2.05) is 4.68 Å². The molecule has 0 spiro atoms. The van der Waals surface area contributed by atoms with E-state index in [4.69, 9.17) is 17.4 Å². The average Bonchev–Trinajstić information content (AvgIpc) is 2.89. The van der Waals surface area contributed by atoms with E-state index in [-0.39, 0.29) is 6.04 Å². The summed E-state index contributed by atoms with van der Waals surface area (Å²) in [6.07, 6.45) is 4.94. The van der Waals surface area contributed by atoms with Gasteiger partial charge in [-0.1, -0.05) is 35.9 Å². The quantitative estimate of drug-likeness (QED) is 0.674. The first-order valence-electron chi connectivity index (χ1n) is 7.48. The third kappa shape index (κ3) is 2.71. The minimum Gasteiger partial charge on any atom is -0.271 e. The summed E-state index contributed by atoms with van der Waals surface area (Å²) in [7, 11) is 0. The number of nitrogens with zero attached hydrogens (tertiary/aromatic N) is 2. The highest BCUT2D eigenvalue weighted by molar-refractivity contribution is 6.31. The van der Waals surface area contributed by atoms with Crippen molar-refractivity contribution in [3.63, 3.8) is 0 Å². The molecule has 0 aliphatic heterocycles. The summed E-state index contributed by atoms with van der Waals surface area (Å²) >= 11 is 6.34. The number of nitrogens with two attached hydrogens (primary N) is 1. The van der Waals surface area contributed by atoms with Crippen LogP contribution in [0.2, 0.25) is 5.02 Å². The van der Waals surface area contributed by atoms with Crippen molar-refractivity contribution in [2.45, 2.75) is 38.8 Å². The fraction of sp³-hybridized carbons (Fsp3) is 0.438. The zero-order valence-electron chi connectivity index (χ0n) is 12.2. The summed E-state index contributed by atoms with van der Waals surface area (Å²) in [6, 6.07) is 8.69. The third-order valence-electron chi connectivity index (χ3n) is 4.46. The first-order chi connectivity index (χ1) is 10.2. The van der Waals surface area contributed by atoms with Gasteiger partial charge in [0.2, 0.25) is 0 Å². The van der Waals surface area contributed by atoms with Gasteiger partial charge in [-0.3, -0.25) is 16.0 Å². The molecule has 0 saturated heterocycles. The molecule has 5 heteroatoms. The van der Waals surface area contributed by atoms with Crippen LogP contribution >= 0.6 is 11.6 Å². The fourth-order valence-electron chi connectivity index (χ4n) is 3.38. The van der Waals surface area contributed by atoms with Gasteiger partial charge < -0.3 is 0 Å². The molecule has 1 aromatic heterocycles. The highest BCUT2D eigenvalue weighted by atomic mass is 35.5. The van der Waals surface area contributed by atoms with E-state index in [2.05, 4.69) is 41.7 Å². The molecule has 2 unspecified atom stereocenters. The highest BCUT2D eigenvalue weighted by Crippen LogP contribution is 2.36. The summed E-state index contributed by atoms with van der Waals surface area (Å²) in [5.74, 6) is 6.29. The van der Waals surface area contributed by atoms with E-state index in [1.54, 1.807) is 6.20 Å². The van der Waals surface area contributed by atoms with Crippen molar-refractivity contribution >= 4 is 11.6 Å². The van der Waals surface area contributed by atoms with E-state index in [0.717, 1.165) is 31.5 Å². The van der Waals surface area contributed by atoms with Crippen molar-refractivity contribution in [3.05, 3.63) is 52.3 Å². The topological polar surface area (TPSA) is 55.9 Å². The van der Waals surface area contributed by atoms with Crippen LogP contribution in [0.4, 0.5) is 0 Å². The Balaban J connectivity index is 1.90. The number of fused-ring (bicyclic) bond motifs is 1. The summed E-state index contributed by atoms with van der Waals surface area (Å²) in [5, 5.41) is 5.02. The molecule has 0 radical (unpaired) electrons. The number of halogens is 1. The van der Waals surface area contributed by atoms with Gasteiger partial charge in [0.25, 0.3) is 0 Å². The zero-order valence-corrected chi connectivity index (χ0v) is 13.0. The van der Waals surface area contributed by atoms with Crippen LogP contribution in [0.5, 0.6) is 0 Å². The van der Waals surface area contributed by atoms with E-state index >= 15 is 0 Å². The molecule has 1 aliphatic carbocycles.